The van der Waals surface area contributed by atoms with Crippen molar-refractivity contribution in [1.29, 1.82) is 0 Å². The van der Waals surface area contributed by atoms with Crippen LogP contribution in [0.5, 0.6) is 0 Å². The van der Waals surface area contributed by atoms with E-state index in [0.717, 1.165) is 16.5 Å². The van der Waals surface area contributed by atoms with Crippen molar-refractivity contribution in [3.8, 4) is 0 Å². The fraction of sp³-hybridized carbons (Fsp3) is 0.500. The largest absolute Gasteiger partial charge is 0.339 e. The smallest absolute Gasteiger partial charge is 0.263 e. The van der Waals surface area contributed by atoms with E-state index < -0.39 is 6.04 Å². The van der Waals surface area contributed by atoms with Gasteiger partial charge in [0.25, 0.3) is 11.8 Å². The van der Waals surface area contributed by atoms with Crippen molar-refractivity contribution in [3.63, 3.8) is 0 Å². The van der Waals surface area contributed by atoms with Crippen molar-refractivity contribution in [2.75, 3.05) is 11.4 Å². The lowest BCUT2D eigenvalue weighted by Gasteiger charge is -2.16. The molecule has 1 aliphatic rings. The molecule has 0 aliphatic carbocycles. The molecule has 1 saturated heterocycles. The van der Waals surface area contributed by atoms with Crippen molar-refractivity contribution in [2.45, 2.75) is 39.2 Å². The number of carbonyl (C=O) groups excluding carboxylic acids is 2. The maximum atomic E-state index is 12.6. The van der Waals surface area contributed by atoms with Gasteiger partial charge < -0.3 is 5.32 Å². The summed E-state index contributed by atoms with van der Waals surface area (Å²) < 4.78 is 1.69. The van der Waals surface area contributed by atoms with Crippen molar-refractivity contribution in [3.05, 3.63) is 27.8 Å². The molecule has 3 rings (SSSR count). The molecule has 2 aromatic heterocycles. The highest BCUT2D eigenvalue weighted by molar-refractivity contribution is 7.13. The Bertz CT molecular complexity index is 779. The van der Waals surface area contributed by atoms with Gasteiger partial charge in [-0.2, -0.15) is 5.10 Å². The molecule has 0 radical (unpaired) electrons. The van der Waals surface area contributed by atoms with E-state index in [-0.39, 0.29) is 17.7 Å². The Morgan fingerprint density at radius 1 is 1.46 bits per heavy atom. The molecule has 1 fully saturated rings. The Hall–Kier alpha value is -2.22. The summed E-state index contributed by atoms with van der Waals surface area (Å²) in [7, 11) is 1.81. The van der Waals surface area contributed by atoms with Crippen LogP contribution in [0.2, 0.25) is 0 Å². The SMILES string of the molecule is Cc1cc(N2CCC(NC(=O)c3cnc(C(C)C)s3)C2=O)n(C)n1. The van der Waals surface area contributed by atoms with Crippen LogP contribution in [-0.2, 0) is 11.8 Å². The van der Waals surface area contributed by atoms with E-state index >= 15 is 0 Å². The van der Waals surface area contributed by atoms with Crippen LogP contribution in [0, 0.1) is 6.92 Å². The summed E-state index contributed by atoms with van der Waals surface area (Å²) in [5, 5.41) is 8.03. The fourth-order valence-electron chi connectivity index (χ4n) is 2.78. The molecule has 1 atom stereocenters. The summed E-state index contributed by atoms with van der Waals surface area (Å²) in [5.41, 5.74) is 0.860. The van der Waals surface area contributed by atoms with Crippen molar-refractivity contribution >= 4 is 29.0 Å². The van der Waals surface area contributed by atoms with Gasteiger partial charge in [-0.15, -0.1) is 11.3 Å². The lowest BCUT2D eigenvalue weighted by atomic mass is 10.2. The van der Waals surface area contributed by atoms with Gasteiger partial charge >= 0.3 is 0 Å². The summed E-state index contributed by atoms with van der Waals surface area (Å²) in [6.07, 6.45) is 2.17. The predicted molar refractivity (Wildman–Crippen MR) is 92.4 cm³/mol. The molecule has 24 heavy (non-hydrogen) atoms. The van der Waals surface area contributed by atoms with E-state index in [1.807, 2.05) is 33.9 Å². The minimum Gasteiger partial charge on any atom is -0.339 e. The first kappa shape index (κ1) is 16.6. The molecular weight excluding hydrogens is 326 g/mol. The molecule has 1 N–H and O–H groups in total. The quantitative estimate of drug-likeness (QED) is 0.915. The van der Waals surface area contributed by atoms with E-state index in [1.54, 1.807) is 15.8 Å². The number of hydrogen-bond donors (Lipinski definition) is 1. The molecule has 2 aromatic rings. The Morgan fingerprint density at radius 3 is 2.79 bits per heavy atom. The number of hydrogen-bond acceptors (Lipinski definition) is 5. The molecule has 7 nitrogen and oxygen atoms in total. The zero-order valence-electron chi connectivity index (χ0n) is 14.2. The van der Waals surface area contributed by atoms with E-state index in [4.69, 9.17) is 0 Å². The Labute approximate surface area is 144 Å². The number of amides is 2. The van der Waals surface area contributed by atoms with E-state index in [0.29, 0.717) is 17.8 Å². The van der Waals surface area contributed by atoms with E-state index in [1.165, 1.54) is 11.3 Å². The van der Waals surface area contributed by atoms with Crippen molar-refractivity contribution in [1.82, 2.24) is 20.1 Å². The second kappa shape index (κ2) is 6.35. The van der Waals surface area contributed by atoms with Gasteiger partial charge in [-0.05, 0) is 13.3 Å². The first-order valence-corrected chi connectivity index (χ1v) is 8.77. The van der Waals surface area contributed by atoms with Gasteiger partial charge in [0.1, 0.15) is 16.7 Å². The lowest BCUT2D eigenvalue weighted by Crippen LogP contribution is -2.41. The number of rotatable bonds is 4. The first-order chi connectivity index (χ1) is 11.4. The summed E-state index contributed by atoms with van der Waals surface area (Å²) in [5.74, 6) is 0.711. The third-order valence-corrected chi connectivity index (χ3v) is 5.30. The minimum atomic E-state index is -0.502. The molecule has 0 spiro atoms. The third-order valence-electron chi connectivity index (χ3n) is 4.01. The summed E-state index contributed by atoms with van der Waals surface area (Å²) >= 11 is 1.37. The molecule has 0 aromatic carbocycles. The van der Waals surface area contributed by atoms with Crippen LogP contribution in [0.1, 0.15) is 46.6 Å². The van der Waals surface area contributed by atoms with Gasteiger partial charge in [-0.25, -0.2) is 4.98 Å². The first-order valence-electron chi connectivity index (χ1n) is 7.95. The Morgan fingerprint density at radius 2 is 2.21 bits per heavy atom. The number of thiazole rings is 1. The van der Waals surface area contributed by atoms with Gasteiger partial charge in [0.2, 0.25) is 0 Å². The summed E-state index contributed by atoms with van der Waals surface area (Å²) in [6.45, 7) is 6.53. The molecule has 0 bridgehead atoms. The highest BCUT2D eigenvalue weighted by atomic mass is 32.1. The Kier molecular flexibility index (Phi) is 4.40. The van der Waals surface area contributed by atoms with E-state index in [9.17, 15) is 9.59 Å². The van der Waals surface area contributed by atoms with Crippen molar-refractivity contribution < 1.29 is 9.59 Å². The number of nitrogens with zero attached hydrogens (tertiary/aromatic N) is 4. The average Bonchev–Trinajstić information content (AvgIpc) is 3.20. The van der Waals surface area contributed by atoms with Gasteiger partial charge in [-0.1, -0.05) is 13.8 Å². The van der Waals surface area contributed by atoms with Crippen LogP contribution < -0.4 is 10.2 Å². The molecule has 0 saturated carbocycles. The molecule has 1 unspecified atom stereocenters. The lowest BCUT2D eigenvalue weighted by molar-refractivity contribution is -0.118. The van der Waals surface area contributed by atoms with Gasteiger partial charge in [0.15, 0.2) is 0 Å². The number of carbonyl (C=O) groups is 2. The normalized spacial score (nSPS) is 17.8. The minimum absolute atomic E-state index is 0.0973. The number of anilines is 1. The molecule has 8 heteroatoms. The van der Waals surface area contributed by atoms with Crippen molar-refractivity contribution in [2.24, 2.45) is 7.05 Å². The average molecular weight is 347 g/mol. The van der Waals surface area contributed by atoms with Gasteiger partial charge in [0.05, 0.1) is 16.9 Å². The molecule has 2 amide bonds. The number of aromatic nitrogens is 3. The molecular formula is C16H21N5O2S. The highest BCUT2D eigenvalue weighted by Gasteiger charge is 2.35. The number of aryl methyl sites for hydroxylation is 2. The zero-order valence-corrected chi connectivity index (χ0v) is 15.1. The topological polar surface area (TPSA) is 80.1 Å². The van der Waals surface area contributed by atoms with Gasteiger partial charge in [0, 0.05) is 25.6 Å². The maximum Gasteiger partial charge on any atom is 0.263 e. The Balaban J connectivity index is 1.69. The summed E-state index contributed by atoms with van der Waals surface area (Å²) in [6, 6.07) is 1.37. The van der Waals surface area contributed by atoms with Crippen LogP contribution in [0.3, 0.4) is 0 Å². The molecule has 1 aliphatic heterocycles. The fourth-order valence-corrected chi connectivity index (χ4v) is 3.60. The zero-order chi connectivity index (χ0) is 17.4. The van der Waals surface area contributed by atoms with E-state index in [2.05, 4.69) is 15.4 Å². The van der Waals surface area contributed by atoms with Gasteiger partial charge in [-0.3, -0.25) is 19.2 Å². The monoisotopic (exact) mass is 347 g/mol. The van der Waals surface area contributed by atoms with Crippen LogP contribution in [-0.4, -0.2) is 39.2 Å². The predicted octanol–water partition coefficient (Wildman–Crippen LogP) is 1.84. The standard InChI is InChI=1S/C16H21N5O2S/c1-9(2)15-17-8-12(24-15)14(22)18-11-5-6-21(16(11)23)13-7-10(3)19-20(13)4/h7-9,11H,5-6H2,1-4H3,(H,18,22). The van der Waals surface area contributed by atoms with Crippen LogP contribution >= 0.6 is 11.3 Å². The number of nitrogens with one attached hydrogen (secondary N) is 1. The molecule has 3 heterocycles. The second-order valence-corrected chi connectivity index (χ2v) is 7.35. The molecule has 128 valence electrons. The second-order valence-electron chi connectivity index (χ2n) is 6.29. The van der Waals surface area contributed by atoms with Crippen LogP contribution in [0.25, 0.3) is 0 Å². The summed E-state index contributed by atoms with van der Waals surface area (Å²) in [4.78, 5) is 31.5. The highest BCUT2D eigenvalue weighted by Crippen LogP contribution is 2.24. The third kappa shape index (κ3) is 3.06. The maximum absolute atomic E-state index is 12.6. The van der Waals surface area contributed by atoms with Crippen LogP contribution in [0.15, 0.2) is 12.3 Å². The van der Waals surface area contributed by atoms with Crippen LogP contribution in [0.4, 0.5) is 5.82 Å².